The van der Waals surface area contributed by atoms with Crippen LogP contribution in [0.4, 0.5) is 0 Å². The maximum absolute atomic E-state index is 13.1. The molecule has 1 atom stereocenters. The Kier molecular flexibility index (Phi) is 6.56. The van der Waals surface area contributed by atoms with Crippen molar-refractivity contribution in [3.05, 3.63) is 46.3 Å². The second-order valence-electron chi connectivity index (χ2n) is 7.47. The van der Waals surface area contributed by atoms with Gasteiger partial charge in [-0.3, -0.25) is 9.59 Å². The maximum Gasteiger partial charge on any atom is 0.310 e. The molecule has 1 unspecified atom stereocenters. The Balaban J connectivity index is 1.72. The molecule has 156 valence electrons. The van der Waals surface area contributed by atoms with Crippen molar-refractivity contribution in [1.29, 1.82) is 0 Å². The molecule has 0 radical (unpaired) electrons. The van der Waals surface area contributed by atoms with E-state index in [4.69, 9.17) is 14.0 Å². The van der Waals surface area contributed by atoms with E-state index >= 15 is 0 Å². The number of carbonyl (C=O) groups excluding carboxylic acids is 2. The third-order valence-electron chi connectivity index (χ3n) is 5.22. The van der Waals surface area contributed by atoms with Gasteiger partial charge in [0.15, 0.2) is 5.69 Å². The van der Waals surface area contributed by atoms with Crippen molar-refractivity contribution < 1.29 is 23.6 Å². The molecule has 1 aliphatic heterocycles. The SMILES string of the molecule is CCOC(=O)C1CCCN(C(=O)c2noc(C)c2COc2ccc(C)cc2C)C1. The Morgan fingerprint density at radius 3 is 2.79 bits per heavy atom. The maximum atomic E-state index is 13.1. The molecule has 1 saturated heterocycles. The Labute approximate surface area is 171 Å². The topological polar surface area (TPSA) is 81.9 Å². The molecule has 1 aromatic carbocycles. The van der Waals surface area contributed by atoms with Crippen LogP contribution in [0.25, 0.3) is 0 Å². The average molecular weight is 400 g/mol. The normalized spacial score (nSPS) is 16.6. The summed E-state index contributed by atoms with van der Waals surface area (Å²) in [5.41, 5.74) is 3.07. The first kappa shape index (κ1) is 20.9. The molecule has 1 amide bonds. The molecule has 29 heavy (non-hydrogen) atoms. The van der Waals surface area contributed by atoms with Gasteiger partial charge >= 0.3 is 5.97 Å². The molecule has 0 N–H and O–H groups in total. The van der Waals surface area contributed by atoms with E-state index in [1.54, 1.807) is 18.7 Å². The van der Waals surface area contributed by atoms with Crippen molar-refractivity contribution in [1.82, 2.24) is 10.1 Å². The highest BCUT2D eigenvalue weighted by atomic mass is 16.5. The number of aromatic nitrogens is 1. The highest BCUT2D eigenvalue weighted by molar-refractivity contribution is 5.94. The zero-order valence-corrected chi connectivity index (χ0v) is 17.5. The predicted molar refractivity (Wildman–Crippen MR) is 107 cm³/mol. The summed E-state index contributed by atoms with van der Waals surface area (Å²) in [5.74, 6) is 0.525. The van der Waals surface area contributed by atoms with Gasteiger partial charge in [0.25, 0.3) is 5.91 Å². The van der Waals surface area contributed by atoms with E-state index in [1.165, 1.54) is 0 Å². The second kappa shape index (κ2) is 9.11. The molecule has 0 saturated carbocycles. The molecule has 0 spiro atoms. The van der Waals surface area contributed by atoms with E-state index in [0.29, 0.717) is 31.0 Å². The predicted octanol–water partition coefficient (Wildman–Crippen LogP) is 3.59. The fourth-order valence-electron chi connectivity index (χ4n) is 3.60. The van der Waals surface area contributed by atoms with Gasteiger partial charge in [-0.25, -0.2) is 0 Å². The molecule has 7 heteroatoms. The van der Waals surface area contributed by atoms with Gasteiger partial charge in [-0.1, -0.05) is 22.9 Å². The van der Waals surface area contributed by atoms with E-state index < -0.39 is 0 Å². The summed E-state index contributed by atoms with van der Waals surface area (Å²) >= 11 is 0. The van der Waals surface area contributed by atoms with E-state index in [2.05, 4.69) is 5.16 Å². The molecule has 0 aliphatic carbocycles. The molecule has 2 heterocycles. The van der Waals surface area contributed by atoms with Crippen LogP contribution in [0.1, 0.15) is 52.7 Å². The highest BCUT2D eigenvalue weighted by Gasteiger charge is 2.32. The molecule has 1 aromatic heterocycles. The second-order valence-corrected chi connectivity index (χ2v) is 7.47. The highest BCUT2D eigenvalue weighted by Crippen LogP contribution is 2.25. The third-order valence-corrected chi connectivity index (χ3v) is 5.22. The van der Waals surface area contributed by atoms with Crippen LogP contribution in [0.15, 0.2) is 22.7 Å². The number of esters is 1. The molecule has 1 aliphatic rings. The Morgan fingerprint density at radius 2 is 2.07 bits per heavy atom. The summed E-state index contributed by atoms with van der Waals surface area (Å²) in [4.78, 5) is 26.8. The molecule has 1 fully saturated rings. The summed E-state index contributed by atoms with van der Waals surface area (Å²) in [7, 11) is 0. The number of nitrogens with zero attached hydrogens (tertiary/aromatic N) is 2. The van der Waals surface area contributed by atoms with Crippen LogP contribution >= 0.6 is 0 Å². The monoisotopic (exact) mass is 400 g/mol. The summed E-state index contributed by atoms with van der Waals surface area (Å²) in [6, 6.07) is 5.95. The lowest BCUT2D eigenvalue weighted by atomic mass is 9.97. The average Bonchev–Trinajstić information content (AvgIpc) is 3.07. The third kappa shape index (κ3) is 4.78. The van der Waals surface area contributed by atoms with Gasteiger partial charge in [0.1, 0.15) is 18.1 Å². The number of rotatable bonds is 6. The number of ether oxygens (including phenoxy) is 2. The minimum atomic E-state index is -0.296. The number of hydrogen-bond donors (Lipinski definition) is 0. The van der Waals surface area contributed by atoms with Crippen LogP contribution in [0.3, 0.4) is 0 Å². The Hall–Kier alpha value is -2.83. The molecule has 0 bridgehead atoms. The Morgan fingerprint density at radius 1 is 1.28 bits per heavy atom. The zero-order chi connectivity index (χ0) is 21.0. The van der Waals surface area contributed by atoms with Crippen LogP contribution < -0.4 is 4.74 Å². The summed E-state index contributed by atoms with van der Waals surface area (Å²) in [6.07, 6.45) is 1.48. The Bertz CT molecular complexity index is 889. The summed E-state index contributed by atoms with van der Waals surface area (Å²) in [6.45, 7) is 9.00. The van der Waals surface area contributed by atoms with Crippen molar-refractivity contribution in [3.63, 3.8) is 0 Å². The van der Waals surface area contributed by atoms with Gasteiger partial charge in [0, 0.05) is 13.1 Å². The van der Waals surface area contributed by atoms with Gasteiger partial charge in [-0.05, 0) is 52.2 Å². The molecular formula is C22H28N2O5. The van der Waals surface area contributed by atoms with Gasteiger partial charge in [-0.2, -0.15) is 0 Å². The van der Waals surface area contributed by atoms with Crippen molar-refractivity contribution >= 4 is 11.9 Å². The molecule has 7 nitrogen and oxygen atoms in total. The summed E-state index contributed by atoms with van der Waals surface area (Å²) < 4.78 is 16.3. The van der Waals surface area contributed by atoms with Crippen LogP contribution in [-0.2, 0) is 16.1 Å². The van der Waals surface area contributed by atoms with Crippen LogP contribution in [-0.4, -0.2) is 41.6 Å². The van der Waals surface area contributed by atoms with Crippen LogP contribution in [0, 0.1) is 26.7 Å². The van der Waals surface area contributed by atoms with Crippen molar-refractivity contribution in [3.8, 4) is 5.75 Å². The summed E-state index contributed by atoms with van der Waals surface area (Å²) in [5, 5.41) is 3.98. The zero-order valence-electron chi connectivity index (χ0n) is 17.5. The van der Waals surface area contributed by atoms with E-state index in [9.17, 15) is 9.59 Å². The smallest absolute Gasteiger partial charge is 0.310 e. The van der Waals surface area contributed by atoms with Gasteiger partial charge in [0.2, 0.25) is 0 Å². The standard InChI is InChI=1S/C22H28N2O5/c1-5-27-22(26)17-7-6-10-24(12-17)21(25)20-18(16(4)29-23-20)13-28-19-9-8-14(2)11-15(19)3/h8-9,11,17H,5-7,10,12-13H2,1-4H3. The number of benzene rings is 1. The number of amides is 1. The van der Waals surface area contributed by atoms with Gasteiger partial charge in [0.05, 0.1) is 18.1 Å². The van der Waals surface area contributed by atoms with Crippen LogP contribution in [0.2, 0.25) is 0 Å². The first-order chi connectivity index (χ1) is 13.9. The quantitative estimate of drug-likeness (QED) is 0.689. The van der Waals surface area contributed by atoms with Crippen molar-refractivity contribution in [2.24, 2.45) is 5.92 Å². The number of likely N-dealkylation sites (tertiary alicyclic amines) is 1. The first-order valence-electron chi connectivity index (χ1n) is 10.0. The number of hydrogen-bond acceptors (Lipinski definition) is 6. The minimum Gasteiger partial charge on any atom is -0.488 e. The molecular weight excluding hydrogens is 372 g/mol. The van der Waals surface area contributed by atoms with E-state index in [-0.39, 0.29) is 30.1 Å². The number of carbonyl (C=O) groups is 2. The number of aryl methyl sites for hydroxylation is 3. The molecule has 3 rings (SSSR count). The lowest BCUT2D eigenvalue weighted by Crippen LogP contribution is -2.43. The van der Waals surface area contributed by atoms with Crippen LogP contribution in [0.5, 0.6) is 5.75 Å². The lowest BCUT2D eigenvalue weighted by Gasteiger charge is -2.31. The lowest BCUT2D eigenvalue weighted by molar-refractivity contribution is -0.149. The van der Waals surface area contributed by atoms with Crippen molar-refractivity contribution in [2.45, 2.75) is 47.1 Å². The fourth-order valence-corrected chi connectivity index (χ4v) is 3.60. The first-order valence-corrected chi connectivity index (χ1v) is 10.0. The van der Waals surface area contributed by atoms with Gasteiger partial charge < -0.3 is 18.9 Å². The van der Waals surface area contributed by atoms with Crippen molar-refractivity contribution in [2.75, 3.05) is 19.7 Å². The number of piperidine rings is 1. The minimum absolute atomic E-state index is 0.190. The van der Waals surface area contributed by atoms with Gasteiger partial charge in [-0.15, -0.1) is 0 Å². The van der Waals surface area contributed by atoms with E-state index in [1.807, 2.05) is 32.0 Å². The fraction of sp³-hybridized carbons (Fsp3) is 0.500. The molecule has 2 aromatic rings. The van der Waals surface area contributed by atoms with E-state index in [0.717, 1.165) is 29.7 Å². The largest absolute Gasteiger partial charge is 0.488 e.